The monoisotopic (exact) mass is 831 g/mol. The van der Waals surface area contributed by atoms with Crippen LogP contribution in [0.1, 0.15) is 44.8 Å². The van der Waals surface area contributed by atoms with E-state index >= 15 is 0 Å². The van der Waals surface area contributed by atoms with E-state index in [0.717, 1.165) is 68.5 Å². The number of imidazole rings is 1. The molecule has 6 heterocycles. The van der Waals surface area contributed by atoms with E-state index in [1.807, 2.05) is 25.1 Å². The predicted octanol–water partition coefficient (Wildman–Crippen LogP) is 9.81. The molecule has 8 aromatic rings. The molecule has 0 saturated carbocycles. The zero-order valence-corrected chi connectivity index (χ0v) is 30.9. The molecule has 250 valence electrons. The normalized spacial score (nSPS) is 13.0. The Kier molecular flexibility index (Phi) is 7.51. The van der Waals surface area contributed by atoms with Crippen LogP contribution in [0, 0.1) is 43.6 Å². The second-order valence-electron chi connectivity index (χ2n) is 13.5. The number of hydrogen-bond acceptors (Lipinski definition) is 2. The number of ether oxygens (including phenoxy) is 1. The fraction of sp³-hybridized carbons (Fsp3) is 0.182. The minimum absolute atomic E-state index is 0.633. The first kappa shape index (κ1) is 31.0. The van der Waals surface area contributed by atoms with Gasteiger partial charge in [-0.2, -0.15) is 0 Å². The number of aromatic nitrogens is 4. The van der Waals surface area contributed by atoms with E-state index in [4.69, 9.17) is 9.72 Å². The third-order valence-corrected chi connectivity index (χ3v) is 11.4. The van der Waals surface area contributed by atoms with Crippen molar-refractivity contribution in [3.63, 3.8) is 0 Å². The minimum atomic E-state index is 0.633. The summed E-state index contributed by atoms with van der Waals surface area (Å²) in [7, 11) is 0. The summed E-state index contributed by atoms with van der Waals surface area (Å²) in [4.78, 5) is 4.91. The van der Waals surface area contributed by atoms with Gasteiger partial charge in [-0.1, -0.05) is 12.1 Å². The summed E-state index contributed by atoms with van der Waals surface area (Å²) >= 11 is 2.47. The van der Waals surface area contributed by atoms with Gasteiger partial charge in [-0.25, -0.2) is 0 Å². The molecule has 4 aromatic heterocycles. The van der Waals surface area contributed by atoms with E-state index in [1.165, 1.54) is 44.6 Å². The number of rotatable bonds is 4. The zero-order chi connectivity index (χ0) is 34.1. The number of benzene rings is 4. The fourth-order valence-corrected chi connectivity index (χ4v) is 8.73. The summed E-state index contributed by atoms with van der Waals surface area (Å²) in [5.74, 6) is 2.15. The molecule has 0 spiro atoms. The van der Waals surface area contributed by atoms with Crippen LogP contribution in [0.5, 0.6) is 11.5 Å². The van der Waals surface area contributed by atoms with Gasteiger partial charge in [-0.15, -0.1) is 0 Å². The van der Waals surface area contributed by atoms with Crippen LogP contribution in [0.4, 0.5) is 0 Å². The number of hydrogen-bond donors (Lipinski definition) is 0. The van der Waals surface area contributed by atoms with Crippen molar-refractivity contribution in [2.75, 3.05) is 0 Å². The van der Waals surface area contributed by atoms with E-state index in [9.17, 15) is 0 Å². The van der Waals surface area contributed by atoms with Crippen molar-refractivity contribution >= 4 is 27.3 Å². The number of pyridine rings is 2. The molecule has 0 N–H and O–H groups in total. The molecule has 0 radical (unpaired) electrons. The van der Waals surface area contributed by atoms with Crippen LogP contribution in [-0.2, 0) is 45.0 Å². The average Bonchev–Trinajstić information content (AvgIpc) is 3.62. The molecule has 0 saturated heterocycles. The van der Waals surface area contributed by atoms with Gasteiger partial charge in [-0.05, 0) is 25.5 Å². The van der Waals surface area contributed by atoms with Gasteiger partial charge in [0.15, 0.2) is 0 Å². The molecule has 0 atom stereocenters. The average molecular weight is 832 g/mol. The van der Waals surface area contributed by atoms with E-state index in [0.29, 0.717) is 11.5 Å². The fourth-order valence-electron chi connectivity index (χ4n) is 7.71. The summed E-state index contributed by atoms with van der Waals surface area (Å²) in [6.45, 7) is 8.72. The second-order valence-corrected chi connectivity index (χ2v) is 14.5. The molecule has 0 amide bonds. The summed E-state index contributed by atoms with van der Waals surface area (Å²) in [6, 6.07) is 39.4. The van der Waals surface area contributed by atoms with Gasteiger partial charge in [0.25, 0.3) is 0 Å². The third kappa shape index (κ3) is 5.18. The Hall–Kier alpha value is -4.99. The van der Waals surface area contributed by atoms with Gasteiger partial charge < -0.3 is 0 Å². The van der Waals surface area contributed by atoms with Crippen LogP contribution >= 0.6 is 0 Å². The molecule has 4 bridgehead atoms. The Morgan fingerprint density at radius 2 is 1.42 bits per heavy atom. The maximum atomic E-state index is 6.52. The number of para-hydroxylation sites is 1. The Morgan fingerprint density at radius 1 is 0.680 bits per heavy atom. The third-order valence-electron chi connectivity index (χ3n) is 10.4. The first-order valence-corrected chi connectivity index (χ1v) is 18.4. The van der Waals surface area contributed by atoms with Crippen LogP contribution in [-0.4, -0.2) is 18.5 Å². The molecule has 6 heteroatoms. The second kappa shape index (κ2) is 12.1. The van der Waals surface area contributed by atoms with Crippen molar-refractivity contribution in [1.29, 1.82) is 0 Å². The van der Waals surface area contributed by atoms with Crippen molar-refractivity contribution in [1.82, 2.24) is 18.5 Å². The topological polar surface area (TPSA) is 36.4 Å². The Morgan fingerprint density at radius 3 is 2.24 bits per heavy atom. The van der Waals surface area contributed by atoms with Crippen LogP contribution in [0.3, 0.4) is 0 Å². The molecule has 50 heavy (non-hydrogen) atoms. The molecule has 12 rings (SSSR count). The standard InChI is InChI=1S/C44H36N4O.Pt/c1-28-22-29(2)45-44(23-28)48-41-11-6-5-10-39(41)40-21-20-38(25-42(40)48)49-37-9-7-8-36(24-37)46-26-43-34-15-14-32-12-13-33(31(4)30(32)3)16-18-35(19-17-34)47(43)27-46;/h5-13,17,19-23,26H,14-16,18H2,1-4H3;/q-2;. The maximum absolute atomic E-state index is 6.52. The van der Waals surface area contributed by atoms with Crippen molar-refractivity contribution in [2.24, 2.45) is 0 Å². The predicted molar refractivity (Wildman–Crippen MR) is 196 cm³/mol. The molecule has 0 fully saturated rings. The summed E-state index contributed by atoms with van der Waals surface area (Å²) in [6.07, 6.45) is 6.28. The van der Waals surface area contributed by atoms with Crippen LogP contribution in [0.15, 0.2) is 97.2 Å². The van der Waals surface area contributed by atoms with E-state index in [2.05, 4.69) is 145 Å². The Bertz CT molecular complexity index is 2690. The van der Waals surface area contributed by atoms with Gasteiger partial charge in [0.2, 0.25) is 0 Å². The molecule has 2 aliphatic carbocycles. The molecule has 4 aromatic carbocycles. The molecular formula is C44H36N4OPt-2. The first-order chi connectivity index (χ1) is 24.3. The quantitative estimate of drug-likeness (QED) is 0.166. The van der Waals surface area contributed by atoms with E-state index < -0.39 is 0 Å². The zero-order valence-electron chi connectivity index (χ0n) is 28.6. The van der Waals surface area contributed by atoms with Crippen LogP contribution in [0.2, 0.25) is 0 Å². The molecule has 5 nitrogen and oxygen atoms in total. The molecular weight excluding hydrogens is 796 g/mol. The van der Waals surface area contributed by atoms with Gasteiger partial charge in [0.05, 0.1) is 0 Å². The van der Waals surface area contributed by atoms with Gasteiger partial charge in [0.1, 0.15) is 0 Å². The van der Waals surface area contributed by atoms with E-state index in [-0.39, 0.29) is 0 Å². The summed E-state index contributed by atoms with van der Waals surface area (Å²) in [5.41, 5.74) is 14.8. The van der Waals surface area contributed by atoms with E-state index in [1.54, 1.807) is 0 Å². The van der Waals surface area contributed by atoms with Crippen LogP contribution in [0.25, 0.3) is 38.8 Å². The molecule has 4 aliphatic rings. The Labute approximate surface area is 302 Å². The number of nitrogens with zero attached hydrogens (tertiary/aromatic N) is 4. The summed E-state index contributed by atoms with van der Waals surface area (Å²) < 4.78 is 14.5. The number of aryl methyl sites for hydroxylation is 6. The Balaban J connectivity index is 1.10. The van der Waals surface area contributed by atoms with Gasteiger partial charge in [-0.3, -0.25) is 0 Å². The SMILES string of the molecule is Cc1cc(C)nc(-n2c3[c-]c(Oc4[c-]c(-n5cc6c7ccc(n6[c]5=[Pt])CCc5ccc(c(C)c5C)CC7)ccc4)ccc3c3ccccc32)c1. The summed E-state index contributed by atoms with van der Waals surface area (Å²) in [5, 5.41) is 2.27. The molecule has 2 aliphatic heterocycles. The van der Waals surface area contributed by atoms with Crippen molar-refractivity contribution in [2.45, 2.75) is 53.4 Å². The van der Waals surface area contributed by atoms with Gasteiger partial charge in [0, 0.05) is 5.69 Å². The van der Waals surface area contributed by atoms with Crippen molar-refractivity contribution in [3.8, 4) is 23.0 Å². The van der Waals surface area contributed by atoms with Crippen molar-refractivity contribution in [3.05, 3.63) is 158 Å². The van der Waals surface area contributed by atoms with Gasteiger partial charge >= 0.3 is 261 Å². The van der Waals surface area contributed by atoms with Crippen molar-refractivity contribution < 1.29 is 24.1 Å². The molecule has 0 unspecified atom stereocenters. The first-order valence-electron chi connectivity index (χ1n) is 17.2. The van der Waals surface area contributed by atoms with Crippen LogP contribution < -0.4 is 4.74 Å². The number of fused-ring (bicyclic) bond motifs is 3.